The van der Waals surface area contributed by atoms with E-state index < -0.39 is 0 Å². The lowest BCUT2D eigenvalue weighted by Gasteiger charge is -2.14. The number of nitrogens with one attached hydrogen (secondary N) is 1. The van der Waals surface area contributed by atoms with Crippen LogP contribution < -0.4 is 5.32 Å². The molecule has 0 aromatic heterocycles. The zero-order valence-corrected chi connectivity index (χ0v) is 13.8. The lowest BCUT2D eigenvalue weighted by atomic mass is 10.00. The summed E-state index contributed by atoms with van der Waals surface area (Å²) in [6.45, 7) is 8.31. The standard InChI is InChI=1S/C15H20Cl3N/c1-4-7-19-9-11(10(2)3)8-12-13(16)5-6-14(17)15(12)18/h5-6,8,10,19H,4,7,9H2,1-3H3/b11-8-. The predicted molar refractivity (Wildman–Crippen MR) is 87.4 cm³/mol. The van der Waals surface area contributed by atoms with E-state index in [9.17, 15) is 0 Å². The van der Waals surface area contributed by atoms with Crippen LogP contribution in [0, 0.1) is 5.92 Å². The third-order valence-corrected chi connectivity index (χ3v) is 4.06. The van der Waals surface area contributed by atoms with Gasteiger partial charge >= 0.3 is 0 Å². The summed E-state index contributed by atoms with van der Waals surface area (Å²) in [6.07, 6.45) is 3.16. The predicted octanol–water partition coefficient (Wildman–Crippen LogP) is 5.69. The maximum absolute atomic E-state index is 6.23. The van der Waals surface area contributed by atoms with E-state index in [1.165, 1.54) is 5.57 Å². The van der Waals surface area contributed by atoms with Crippen LogP contribution in [0.25, 0.3) is 6.08 Å². The molecule has 0 atom stereocenters. The SMILES string of the molecule is CCCNC/C(=C/c1c(Cl)ccc(Cl)c1Cl)C(C)C. The summed E-state index contributed by atoms with van der Waals surface area (Å²) in [5, 5.41) is 5.08. The zero-order valence-electron chi connectivity index (χ0n) is 11.6. The first kappa shape index (κ1) is 16.8. The fraction of sp³-hybridized carbons (Fsp3) is 0.467. The summed E-state index contributed by atoms with van der Waals surface area (Å²) in [5.74, 6) is 0.426. The molecule has 4 heteroatoms. The molecular formula is C15H20Cl3N. The molecule has 0 aliphatic rings. The fourth-order valence-corrected chi connectivity index (χ4v) is 2.34. The van der Waals surface area contributed by atoms with E-state index in [1.54, 1.807) is 12.1 Å². The second-order valence-corrected chi connectivity index (χ2v) is 6.00. The lowest BCUT2D eigenvalue weighted by molar-refractivity contribution is 0.657. The topological polar surface area (TPSA) is 12.0 Å². The van der Waals surface area contributed by atoms with E-state index in [-0.39, 0.29) is 0 Å². The molecule has 1 N–H and O–H groups in total. The molecule has 0 unspecified atom stereocenters. The van der Waals surface area contributed by atoms with Gasteiger partial charge in [0.2, 0.25) is 0 Å². The normalized spacial score (nSPS) is 12.3. The highest BCUT2D eigenvalue weighted by Crippen LogP contribution is 2.33. The van der Waals surface area contributed by atoms with Crippen molar-refractivity contribution in [3.05, 3.63) is 38.3 Å². The minimum absolute atomic E-state index is 0.426. The molecule has 106 valence electrons. The van der Waals surface area contributed by atoms with Crippen LogP contribution in [0.2, 0.25) is 15.1 Å². The quantitative estimate of drug-likeness (QED) is 0.525. The Balaban J connectivity index is 3.05. The zero-order chi connectivity index (χ0) is 14.4. The van der Waals surface area contributed by atoms with Crippen LogP contribution in [-0.2, 0) is 0 Å². The first-order valence-electron chi connectivity index (χ1n) is 6.52. The number of halogens is 3. The molecular weight excluding hydrogens is 301 g/mol. The lowest BCUT2D eigenvalue weighted by Crippen LogP contribution is -2.20. The van der Waals surface area contributed by atoms with Gasteiger partial charge in [-0.3, -0.25) is 0 Å². The monoisotopic (exact) mass is 319 g/mol. The minimum Gasteiger partial charge on any atom is -0.313 e. The first-order chi connectivity index (χ1) is 8.97. The van der Waals surface area contributed by atoms with Gasteiger partial charge in [-0.1, -0.05) is 67.2 Å². The van der Waals surface area contributed by atoms with Crippen LogP contribution in [0.15, 0.2) is 17.7 Å². The molecule has 1 nitrogen and oxygen atoms in total. The summed E-state index contributed by atoms with van der Waals surface area (Å²) < 4.78 is 0. The summed E-state index contributed by atoms with van der Waals surface area (Å²) in [5.41, 5.74) is 2.07. The van der Waals surface area contributed by atoms with Gasteiger partial charge < -0.3 is 5.32 Å². The number of rotatable bonds is 6. The third kappa shape index (κ3) is 5.00. The van der Waals surface area contributed by atoms with Gasteiger partial charge in [-0.2, -0.15) is 0 Å². The Morgan fingerprint density at radius 2 is 1.84 bits per heavy atom. The molecule has 0 saturated heterocycles. The Kier molecular flexibility index (Phi) is 7.23. The Labute approximate surface area is 130 Å². The van der Waals surface area contributed by atoms with Crippen molar-refractivity contribution in [1.82, 2.24) is 5.32 Å². The van der Waals surface area contributed by atoms with Crippen molar-refractivity contribution in [3.8, 4) is 0 Å². The van der Waals surface area contributed by atoms with Crippen molar-refractivity contribution in [2.45, 2.75) is 27.2 Å². The average Bonchev–Trinajstić information content (AvgIpc) is 2.37. The Hall–Kier alpha value is -0.210. The molecule has 0 aliphatic heterocycles. The summed E-state index contributed by atoms with van der Waals surface area (Å²) in [7, 11) is 0. The van der Waals surface area contributed by atoms with Crippen molar-refractivity contribution >= 4 is 40.9 Å². The van der Waals surface area contributed by atoms with E-state index >= 15 is 0 Å². The van der Waals surface area contributed by atoms with Gasteiger partial charge in [0.15, 0.2) is 0 Å². The molecule has 0 spiro atoms. The second kappa shape index (κ2) is 8.16. The van der Waals surface area contributed by atoms with Gasteiger partial charge in [0.05, 0.1) is 10.0 Å². The summed E-state index contributed by atoms with van der Waals surface area (Å²) in [6, 6.07) is 3.49. The molecule has 0 aliphatic carbocycles. The molecule has 0 amide bonds. The molecule has 19 heavy (non-hydrogen) atoms. The smallest absolute Gasteiger partial charge is 0.0679 e. The van der Waals surface area contributed by atoms with Crippen LogP contribution in [0.3, 0.4) is 0 Å². The molecule has 0 radical (unpaired) electrons. The van der Waals surface area contributed by atoms with Crippen LogP contribution in [0.1, 0.15) is 32.8 Å². The average molecular weight is 321 g/mol. The molecule has 0 bridgehead atoms. The van der Waals surface area contributed by atoms with Crippen molar-refractivity contribution in [3.63, 3.8) is 0 Å². The Bertz CT molecular complexity index is 453. The van der Waals surface area contributed by atoms with Gasteiger partial charge in [-0.25, -0.2) is 0 Å². The van der Waals surface area contributed by atoms with Gasteiger partial charge in [0.25, 0.3) is 0 Å². The number of hydrogen-bond acceptors (Lipinski definition) is 1. The maximum Gasteiger partial charge on any atom is 0.0679 e. The molecule has 0 heterocycles. The van der Waals surface area contributed by atoms with E-state index in [2.05, 4.69) is 26.1 Å². The number of benzene rings is 1. The van der Waals surface area contributed by atoms with Crippen LogP contribution in [0.4, 0.5) is 0 Å². The van der Waals surface area contributed by atoms with Gasteiger partial charge in [0.1, 0.15) is 0 Å². The van der Waals surface area contributed by atoms with E-state index in [0.717, 1.165) is 25.1 Å². The van der Waals surface area contributed by atoms with Crippen molar-refractivity contribution in [2.75, 3.05) is 13.1 Å². The Morgan fingerprint density at radius 3 is 2.42 bits per heavy atom. The molecule has 0 saturated carbocycles. The molecule has 0 fully saturated rings. The molecule has 1 aromatic rings. The molecule has 1 aromatic carbocycles. The second-order valence-electron chi connectivity index (χ2n) is 4.81. The summed E-state index contributed by atoms with van der Waals surface area (Å²) in [4.78, 5) is 0. The third-order valence-electron chi connectivity index (χ3n) is 2.91. The van der Waals surface area contributed by atoms with Gasteiger partial charge in [-0.05, 0) is 31.0 Å². The van der Waals surface area contributed by atoms with E-state index in [1.807, 2.05) is 6.08 Å². The fourth-order valence-electron chi connectivity index (χ4n) is 1.69. The molecule has 1 rings (SSSR count). The van der Waals surface area contributed by atoms with Gasteiger partial charge in [-0.15, -0.1) is 0 Å². The highest BCUT2D eigenvalue weighted by Gasteiger charge is 2.10. The Morgan fingerprint density at radius 1 is 1.21 bits per heavy atom. The maximum atomic E-state index is 6.23. The van der Waals surface area contributed by atoms with E-state index in [0.29, 0.717) is 21.0 Å². The van der Waals surface area contributed by atoms with Crippen LogP contribution in [-0.4, -0.2) is 13.1 Å². The minimum atomic E-state index is 0.426. The van der Waals surface area contributed by atoms with Crippen molar-refractivity contribution in [2.24, 2.45) is 5.92 Å². The van der Waals surface area contributed by atoms with Crippen molar-refractivity contribution < 1.29 is 0 Å². The largest absolute Gasteiger partial charge is 0.313 e. The highest BCUT2D eigenvalue weighted by atomic mass is 35.5. The van der Waals surface area contributed by atoms with Crippen LogP contribution >= 0.6 is 34.8 Å². The van der Waals surface area contributed by atoms with Gasteiger partial charge in [0, 0.05) is 17.1 Å². The highest BCUT2D eigenvalue weighted by molar-refractivity contribution is 6.44. The number of hydrogen-bond donors (Lipinski definition) is 1. The summed E-state index contributed by atoms with van der Waals surface area (Å²) >= 11 is 18.5. The van der Waals surface area contributed by atoms with E-state index in [4.69, 9.17) is 34.8 Å². The van der Waals surface area contributed by atoms with Crippen molar-refractivity contribution in [1.29, 1.82) is 0 Å². The van der Waals surface area contributed by atoms with Crippen LogP contribution in [0.5, 0.6) is 0 Å². The first-order valence-corrected chi connectivity index (χ1v) is 7.65.